The maximum Gasteiger partial charge on any atom is 0.168 e. The molecule has 1 aromatic heterocycles. The van der Waals surface area contributed by atoms with E-state index in [0.717, 1.165) is 11.3 Å². The number of carbonyl (C=O) groups excluding carboxylic acids is 1. The van der Waals surface area contributed by atoms with E-state index in [4.69, 9.17) is 11.6 Å². The number of rotatable bonds is 4. The molecule has 0 atom stereocenters. The van der Waals surface area contributed by atoms with Gasteiger partial charge in [-0.15, -0.1) is 0 Å². The van der Waals surface area contributed by atoms with Crippen molar-refractivity contribution in [3.05, 3.63) is 52.3 Å². The molecule has 1 saturated carbocycles. The van der Waals surface area contributed by atoms with Crippen LogP contribution in [-0.2, 0) is 6.42 Å². The molecule has 1 aliphatic carbocycles. The fourth-order valence-corrected chi connectivity index (χ4v) is 3.06. The van der Waals surface area contributed by atoms with Gasteiger partial charge in [0.1, 0.15) is 0 Å². The van der Waals surface area contributed by atoms with Gasteiger partial charge in [0, 0.05) is 16.8 Å². The van der Waals surface area contributed by atoms with Gasteiger partial charge in [-0.3, -0.25) is 9.48 Å². The Hall–Kier alpha value is -1.61. The summed E-state index contributed by atoms with van der Waals surface area (Å²) in [5, 5.41) is 5.20. The van der Waals surface area contributed by atoms with Crippen molar-refractivity contribution < 1.29 is 4.79 Å². The molecule has 0 amide bonds. The fourth-order valence-electron chi connectivity index (χ4n) is 2.88. The van der Waals surface area contributed by atoms with Gasteiger partial charge in [-0.25, -0.2) is 0 Å². The lowest BCUT2D eigenvalue weighted by molar-refractivity contribution is 0.0991. The number of carbonyl (C=O) groups is 1. The van der Waals surface area contributed by atoms with E-state index in [9.17, 15) is 4.79 Å². The average molecular weight is 303 g/mol. The minimum absolute atomic E-state index is 0.0635. The van der Waals surface area contributed by atoms with Crippen LogP contribution in [0.25, 0.3) is 0 Å². The minimum Gasteiger partial charge on any atom is -0.294 e. The monoisotopic (exact) mass is 302 g/mol. The van der Waals surface area contributed by atoms with Crippen LogP contribution in [0.4, 0.5) is 0 Å². The van der Waals surface area contributed by atoms with Crippen LogP contribution in [0, 0.1) is 6.92 Å². The van der Waals surface area contributed by atoms with E-state index in [1.165, 1.54) is 25.7 Å². The molecule has 110 valence electrons. The molecule has 0 saturated heterocycles. The molecule has 1 aromatic carbocycles. The van der Waals surface area contributed by atoms with Gasteiger partial charge in [0.15, 0.2) is 5.78 Å². The summed E-state index contributed by atoms with van der Waals surface area (Å²) in [6.45, 7) is 1.93. The predicted molar refractivity (Wildman–Crippen MR) is 84.0 cm³/mol. The van der Waals surface area contributed by atoms with Crippen LogP contribution < -0.4 is 0 Å². The van der Waals surface area contributed by atoms with Gasteiger partial charge < -0.3 is 0 Å². The van der Waals surface area contributed by atoms with Gasteiger partial charge in [0.25, 0.3) is 0 Å². The third-order valence-corrected chi connectivity index (χ3v) is 4.61. The minimum atomic E-state index is 0.0635. The van der Waals surface area contributed by atoms with Crippen molar-refractivity contribution >= 4 is 17.4 Å². The van der Waals surface area contributed by atoms with E-state index >= 15 is 0 Å². The Labute approximate surface area is 129 Å². The van der Waals surface area contributed by atoms with Crippen molar-refractivity contribution in [2.75, 3.05) is 0 Å². The second kappa shape index (κ2) is 6.02. The molecular formula is C17H19ClN2O. The lowest BCUT2D eigenvalue weighted by atomic mass is 10.1. The molecule has 1 heterocycles. The molecular weight excluding hydrogens is 284 g/mol. The van der Waals surface area contributed by atoms with Gasteiger partial charge in [-0.2, -0.15) is 5.10 Å². The maximum atomic E-state index is 12.3. The Morgan fingerprint density at radius 2 is 2.10 bits per heavy atom. The summed E-state index contributed by atoms with van der Waals surface area (Å²) < 4.78 is 2.03. The quantitative estimate of drug-likeness (QED) is 0.785. The van der Waals surface area contributed by atoms with Gasteiger partial charge >= 0.3 is 0 Å². The molecule has 0 spiro atoms. The number of benzene rings is 1. The lowest BCUT2D eigenvalue weighted by Gasteiger charge is -2.08. The smallest absolute Gasteiger partial charge is 0.168 e. The Morgan fingerprint density at radius 3 is 2.81 bits per heavy atom. The molecule has 0 N–H and O–H groups in total. The Kier molecular flexibility index (Phi) is 4.11. The zero-order valence-electron chi connectivity index (χ0n) is 12.2. The normalized spacial score (nSPS) is 15.5. The summed E-state index contributed by atoms with van der Waals surface area (Å²) in [5.74, 6) is 0.0635. The van der Waals surface area contributed by atoms with E-state index in [1.807, 2.05) is 36.0 Å². The highest BCUT2D eigenvalue weighted by atomic mass is 35.5. The van der Waals surface area contributed by atoms with E-state index in [-0.39, 0.29) is 5.78 Å². The summed E-state index contributed by atoms with van der Waals surface area (Å²) >= 11 is 6.08. The molecule has 1 fully saturated rings. The molecule has 3 nitrogen and oxygen atoms in total. The van der Waals surface area contributed by atoms with Crippen molar-refractivity contribution in [1.82, 2.24) is 9.78 Å². The first-order valence-corrected chi connectivity index (χ1v) is 7.84. The summed E-state index contributed by atoms with van der Waals surface area (Å²) in [4.78, 5) is 12.3. The van der Waals surface area contributed by atoms with Gasteiger partial charge in [0.05, 0.1) is 18.2 Å². The molecule has 4 heteroatoms. The summed E-state index contributed by atoms with van der Waals surface area (Å²) in [6.07, 6.45) is 7.28. The molecule has 0 bridgehead atoms. The maximum absolute atomic E-state index is 12.3. The van der Waals surface area contributed by atoms with Crippen LogP contribution in [0.15, 0.2) is 30.5 Å². The first kappa shape index (κ1) is 14.3. The molecule has 0 unspecified atom stereocenters. The first-order chi connectivity index (χ1) is 10.1. The van der Waals surface area contributed by atoms with E-state index in [1.54, 1.807) is 6.07 Å². The molecule has 1 aliphatic rings. The van der Waals surface area contributed by atoms with Crippen molar-refractivity contribution in [3.63, 3.8) is 0 Å². The zero-order chi connectivity index (χ0) is 14.8. The third kappa shape index (κ3) is 3.18. The van der Waals surface area contributed by atoms with Crippen LogP contribution in [0.2, 0.25) is 5.02 Å². The van der Waals surface area contributed by atoms with Crippen LogP contribution in [0.1, 0.15) is 53.3 Å². The topological polar surface area (TPSA) is 34.9 Å². The van der Waals surface area contributed by atoms with Gasteiger partial charge in [-0.05, 0) is 37.5 Å². The number of hydrogen-bond donors (Lipinski definition) is 0. The number of aryl methyl sites for hydroxylation is 1. The summed E-state index contributed by atoms with van der Waals surface area (Å²) in [7, 11) is 0. The number of aromatic nitrogens is 2. The van der Waals surface area contributed by atoms with E-state index in [0.29, 0.717) is 23.0 Å². The third-order valence-electron chi connectivity index (χ3n) is 4.20. The SMILES string of the molecule is Cc1ccc(C(=O)Cc2ccn(C3CCCC3)n2)cc1Cl. The van der Waals surface area contributed by atoms with Crippen molar-refractivity contribution in [3.8, 4) is 0 Å². The summed E-state index contributed by atoms with van der Waals surface area (Å²) in [6, 6.07) is 7.92. The zero-order valence-corrected chi connectivity index (χ0v) is 12.9. The number of Topliss-reactive ketones (excluding diaryl/α,β-unsaturated/α-hetero) is 1. The van der Waals surface area contributed by atoms with Crippen LogP contribution in [0.3, 0.4) is 0 Å². The lowest BCUT2D eigenvalue weighted by Crippen LogP contribution is -2.08. The number of halogens is 1. The van der Waals surface area contributed by atoms with Crippen LogP contribution >= 0.6 is 11.6 Å². The fraction of sp³-hybridized carbons (Fsp3) is 0.412. The highest BCUT2D eigenvalue weighted by molar-refractivity contribution is 6.31. The average Bonchev–Trinajstić information content (AvgIpc) is 3.12. The number of hydrogen-bond acceptors (Lipinski definition) is 2. The van der Waals surface area contributed by atoms with Crippen LogP contribution in [-0.4, -0.2) is 15.6 Å². The molecule has 0 radical (unpaired) electrons. The largest absolute Gasteiger partial charge is 0.294 e. The first-order valence-electron chi connectivity index (χ1n) is 7.47. The second-order valence-corrected chi connectivity index (χ2v) is 6.20. The second-order valence-electron chi connectivity index (χ2n) is 5.79. The van der Waals surface area contributed by atoms with Crippen molar-refractivity contribution in [1.29, 1.82) is 0 Å². The molecule has 2 aromatic rings. The van der Waals surface area contributed by atoms with Crippen LogP contribution in [0.5, 0.6) is 0 Å². The predicted octanol–water partition coefficient (Wildman–Crippen LogP) is 4.39. The number of ketones is 1. The highest BCUT2D eigenvalue weighted by Gasteiger charge is 2.18. The Morgan fingerprint density at radius 1 is 1.33 bits per heavy atom. The van der Waals surface area contributed by atoms with Gasteiger partial charge in [-0.1, -0.05) is 36.6 Å². The Bertz CT molecular complexity index is 657. The Balaban J connectivity index is 1.70. The van der Waals surface area contributed by atoms with Crippen molar-refractivity contribution in [2.24, 2.45) is 0 Å². The highest BCUT2D eigenvalue weighted by Crippen LogP contribution is 2.28. The van der Waals surface area contributed by atoms with E-state index < -0.39 is 0 Å². The number of nitrogens with zero attached hydrogens (tertiary/aromatic N) is 2. The van der Waals surface area contributed by atoms with E-state index in [2.05, 4.69) is 5.10 Å². The molecule has 0 aliphatic heterocycles. The van der Waals surface area contributed by atoms with Crippen molar-refractivity contribution in [2.45, 2.75) is 45.1 Å². The molecule has 21 heavy (non-hydrogen) atoms. The molecule has 3 rings (SSSR count). The standard InChI is InChI=1S/C17H19ClN2O/c1-12-6-7-13(10-16(12)18)17(21)11-14-8-9-20(19-14)15-4-2-3-5-15/h6-10,15H,2-5,11H2,1H3. The van der Waals surface area contributed by atoms with Gasteiger partial charge in [0.2, 0.25) is 0 Å². The summed E-state index contributed by atoms with van der Waals surface area (Å²) in [5.41, 5.74) is 2.48.